The average molecular weight is 305 g/mol. The van der Waals surface area contributed by atoms with Gasteiger partial charge < -0.3 is 0 Å². The van der Waals surface area contributed by atoms with Gasteiger partial charge in [0.25, 0.3) is 0 Å². The Labute approximate surface area is 93.1 Å². The van der Waals surface area contributed by atoms with E-state index in [1.165, 1.54) is 0 Å². The minimum absolute atomic E-state index is 0.0536. The van der Waals surface area contributed by atoms with Gasteiger partial charge in [-0.15, -0.1) is 0 Å². The maximum absolute atomic E-state index is 4.21. The van der Waals surface area contributed by atoms with E-state index in [0.29, 0.717) is 0 Å². The minimum atomic E-state index is -0.0536. The molecule has 5 heteroatoms. The van der Waals surface area contributed by atoms with Crippen LogP contribution in [-0.2, 0) is 0 Å². The number of halogens is 2. The zero-order valence-corrected chi connectivity index (χ0v) is 9.79. The molecule has 13 heavy (non-hydrogen) atoms. The molecule has 2 rings (SSSR count). The summed E-state index contributed by atoms with van der Waals surface area (Å²) < 4.78 is 0.778. The molecule has 1 N–H and O–H groups in total. The van der Waals surface area contributed by atoms with Crippen LogP contribution in [0.25, 0.3) is 0 Å². The number of hydrogen-bond donors (Lipinski definition) is 1. The van der Waals surface area contributed by atoms with Crippen LogP contribution >= 0.6 is 31.9 Å². The van der Waals surface area contributed by atoms with Crippen LogP contribution < -0.4 is 10.4 Å². The normalized spacial score (nSPS) is 21.8. The molecule has 0 aromatic heterocycles. The fraction of sp³-hybridized carbons (Fsp3) is 0.125. The van der Waals surface area contributed by atoms with E-state index >= 15 is 0 Å². The molecule has 3 nitrogen and oxygen atoms in total. The van der Waals surface area contributed by atoms with E-state index in [1.54, 1.807) is 0 Å². The van der Waals surface area contributed by atoms with Gasteiger partial charge in [0.05, 0.1) is 5.69 Å². The van der Waals surface area contributed by atoms with Gasteiger partial charge in [0.2, 0.25) is 0 Å². The van der Waals surface area contributed by atoms with Gasteiger partial charge in [0.1, 0.15) is 0 Å². The molecule has 0 saturated heterocycles. The summed E-state index contributed by atoms with van der Waals surface area (Å²) in [5, 5.41) is 1.82. The van der Waals surface area contributed by atoms with Gasteiger partial charge in [0.15, 0.2) is 9.82 Å². The zero-order chi connectivity index (χ0) is 9.26. The Bertz CT molecular complexity index is 325. The van der Waals surface area contributed by atoms with Gasteiger partial charge in [0, 0.05) is 0 Å². The highest BCUT2D eigenvalue weighted by atomic mass is 79.9. The quantitative estimate of drug-likeness (QED) is 0.637. The molecule has 1 aromatic carbocycles. The van der Waals surface area contributed by atoms with Crippen LogP contribution in [0.2, 0.25) is 0 Å². The first kappa shape index (κ1) is 9.18. The molecule has 0 saturated carbocycles. The maximum Gasteiger partial charge on any atom is 0.190 e. The Kier molecular flexibility index (Phi) is 2.66. The van der Waals surface area contributed by atoms with E-state index < -0.39 is 0 Å². The number of hydrogen-bond acceptors (Lipinski definition) is 3. The Balaban J connectivity index is 2.25. The molecular weight excluding hydrogens is 298 g/mol. The van der Waals surface area contributed by atoms with Gasteiger partial charge in [-0.05, 0) is 44.0 Å². The van der Waals surface area contributed by atoms with Crippen LogP contribution in [0.15, 0.2) is 35.3 Å². The molecule has 0 fully saturated rings. The van der Waals surface area contributed by atoms with Gasteiger partial charge >= 0.3 is 0 Å². The second-order valence-electron chi connectivity index (χ2n) is 2.53. The largest absolute Gasteiger partial charge is 0.251 e. The summed E-state index contributed by atoms with van der Waals surface area (Å²) in [6.45, 7) is 0. The monoisotopic (exact) mass is 303 g/mol. The third kappa shape index (κ3) is 1.92. The first-order chi connectivity index (χ1) is 6.27. The third-order valence-electron chi connectivity index (χ3n) is 1.65. The van der Waals surface area contributed by atoms with Crippen molar-refractivity contribution in [3.8, 4) is 0 Å². The Morgan fingerprint density at radius 3 is 2.54 bits per heavy atom. The molecular formula is C8H7Br2N3. The number of alkyl halides is 1. The van der Waals surface area contributed by atoms with Crippen LogP contribution in [0.5, 0.6) is 0 Å². The van der Waals surface area contributed by atoms with Crippen LogP contribution in [0, 0.1) is 0 Å². The summed E-state index contributed by atoms with van der Waals surface area (Å²) in [6.07, 6.45) is 0. The van der Waals surface area contributed by atoms with Crippen molar-refractivity contribution in [3.05, 3.63) is 30.3 Å². The first-order valence-electron chi connectivity index (χ1n) is 3.76. The highest BCUT2D eigenvalue weighted by Gasteiger charge is 2.21. The van der Waals surface area contributed by atoms with E-state index in [9.17, 15) is 0 Å². The van der Waals surface area contributed by atoms with Crippen LogP contribution in [0.1, 0.15) is 0 Å². The number of benzene rings is 1. The molecule has 1 aromatic rings. The van der Waals surface area contributed by atoms with Crippen molar-refractivity contribution in [1.82, 2.24) is 5.43 Å². The van der Waals surface area contributed by atoms with Crippen molar-refractivity contribution in [3.63, 3.8) is 0 Å². The number of hydrazine groups is 1. The molecule has 1 aliphatic heterocycles. The van der Waals surface area contributed by atoms with E-state index in [-0.39, 0.29) is 5.08 Å². The molecule has 0 spiro atoms. The minimum Gasteiger partial charge on any atom is -0.251 e. The lowest BCUT2D eigenvalue weighted by Crippen LogP contribution is -2.36. The molecule has 0 aliphatic carbocycles. The van der Waals surface area contributed by atoms with Gasteiger partial charge in [-0.2, -0.15) is 5.43 Å². The van der Waals surface area contributed by atoms with Crippen LogP contribution in [0.3, 0.4) is 0 Å². The molecule has 0 bridgehead atoms. The van der Waals surface area contributed by atoms with E-state index in [1.807, 2.05) is 35.3 Å². The number of amidine groups is 1. The maximum atomic E-state index is 4.21. The van der Waals surface area contributed by atoms with Crippen molar-refractivity contribution in [2.24, 2.45) is 4.99 Å². The van der Waals surface area contributed by atoms with Crippen molar-refractivity contribution in [1.29, 1.82) is 0 Å². The lowest BCUT2D eigenvalue weighted by atomic mass is 10.3. The first-order valence-corrected chi connectivity index (χ1v) is 5.47. The fourth-order valence-electron chi connectivity index (χ4n) is 1.10. The van der Waals surface area contributed by atoms with Crippen molar-refractivity contribution in [2.75, 3.05) is 5.01 Å². The average Bonchev–Trinajstić information content (AvgIpc) is 2.47. The highest BCUT2D eigenvalue weighted by molar-refractivity contribution is 9.18. The Morgan fingerprint density at radius 1 is 1.31 bits per heavy atom. The van der Waals surface area contributed by atoms with Gasteiger partial charge in [-0.3, -0.25) is 5.01 Å². The van der Waals surface area contributed by atoms with Crippen molar-refractivity contribution < 1.29 is 0 Å². The lowest BCUT2D eigenvalue weighted by molar-refractivity contribution is 0.761. The van der Waals surface area contributed by atoms with E-state index in [0.717, 1.165) is 10.4 Å². The summed E-state index contributed by atoms with van der Waals surface area (Å²) in [7, 11) is 0. The van der Waals surface area contributed by atoms with Crippen molar-refractivity contribution in [2.45, 2.75) is 5.08 Å². The summed E-state index contributed by atoms with van der Waals surface area (Å²) in [6, 6.07) is 9.97. The summed E-state index contributed by atoms with van der Waals surface area (Å²) in [4.78, 5) is 4.21. The zero-order valence-electron chi connectivity index (χ0n) is 6.61. The molecule has 68 valence electrons. The number of nitrogens with zero attached hydrogens (tertiary/aromatic N) is 2. The molecule has 1 atom stereocenters. The van der Waals surface area contributed by atoms with Gasteiger partial charge in [-0.1, -0.05) is 18.2 Å². The standard InChI is InChI=1S/C8H7Br2N3/c9-7-11-8(10)13(12-7)6-4-2-1-3-5-6/h1-5,7,12H. The molecule has 0 radical (unpaired) electrons. The van der Waals surface area contributed by atoms with Crippen LogP contribution in [0.4, 0.5) is 5.69 Å². The second-order valence-corrected chi connectivity index (χ2v) is 4.11. The summed E-state index contributed by atoms with van der Waals surface area (Å²) in [5.41, 5.74) is 4.17. The Hall–Kier alpha value is -0.390. The number of anilines is 1. The molecule has 1 heterocycles. The topological polar surface area (TPSA) is 27.6 Å². The van der Waals surface area contributed by atoms with Crippen LogP contribution in [-0.4, -0.2) is 9.82 Å². The molecule has 1 aliphatic rings. The predicted octanol–water partition coefficient (Wildman–Crippen LogP) is 2.44. The number of para-hydroxylation sites is 1. The van der Waals surface area contributed by atoms with E-state index in [4.69, 9.17) is 0 Å². The molecule has 0 amide bonds. The fourth-order valence-corrected chi connectivity index (χ4v) is 2.28. The highest BCUT2D eigenvalue weighted by Crippen LogP contribution is 2.20. The smallest absolute Gasteiger partial charge is 0.190 e. The number of rotatable bonds is 1. The van der Waals surface area contributed by atoms with Crippen molar-refractivity contribution >= 4 is 42.3 Å². The van der Waals surface area contributed by atoms with E-state index in [2.05, 4.69) is 42.3 Å². The number of nitrogens with one attached hydrogen (secondary N) is 1. The third-order valence-corrected chi connectivity index (χ3v) is 2.62. The predicted molar refractivity (Wildman–Crippen MR) is 61.1 cm³/mol. The summed E-state index contributed by atoms with van der Waals surface area (Å²) in [5.74, 6) is 0. The second kappa shape index (κ2) is 3.77. The SMILES string of the molecule is BrC1=NC(Br)NN1c1ccccc1. The Morgan fingerprint density at radius 2 is 2.00 bits per heavy atom. The lowest BCUT2D eigenvalue weighted by Gasteiger charge is -2.17. The van der Waals surface area contributed by atoms with Gasteiger partial charge in [-0.25, -0.2) is 4.99 Å². The summed E-state index contributed by atoms with van der Waals surface area (Å²) >= 11 is 6.71. The number of aliphatic imine (C=N–C) groups is 1. The molecule has 1 unspecified atom stereocenters.